The largest absolute Gasteiger partial charge is 0.493 e. The highest BCUT2D eigenvalue weighted by Gasteiger charge is 2.34. The normalized spacial score (nSPS) is 11.9. The minimum absolute atomic E-state index is 0.00545. The first-order chi connectivity index (χ1) is 20.5. The molecule has 0 heterocycles. The van der Waals surface area contributed by atoms with E-state index < -0.39 is 28.5 Å². The lowest BCUT2D eigenvalue weighted by Gasteiger charge is -2.33. The number of carbonyl (C=O) groups is 2. The Kier molecular flexibility index (Phi) is 12.1. The van der Waals surface area contributed by atoms with E-state index in [0.29, 0.717) is 34.3 Å². The third-order valence-electron chi connectivity index (χ3n) is 6.87. The van der Waals surface area contributed by atoms with E-state index in [2.05, 4.69) is 5.32 Å². The fourth-order valence-electron chi connectivity index (χ4n) is 4.49. The predicted molar refractivity (Wildman–Crippen MR) is 170 cm³/mol. The number of nitrogens with zero attached hydrogens (tertiary/aromatic N) is 2. The van der Waals surface area contributed by atoms with Gasteiger partial charge in [0.05, 0.1) is 24.8 Å². The van der Waals surface area contributed by atoms with E-state index in [1.807, 2.05) is 13.8 Å². The number of hydrogen-bond acceptors (Lipinski definition) is 6. The molecule has 9 nitrogen and oxygen atoms in total. The molecule has 43 heavy (non-hydrogen) atoms. The van der Waals surface area contributed by atoms with Gasteiger partial charge in [-0.3, -0.25) is 13.9 Å². The summed E-state index contributed by atoms with van der Waals surface area (Å²) in [6.07, 6.45) is 0.971. The summed E-state index contributed by atoms with van der Waals surface area (Å²) in [4.78, 5) is 28.8. The number of methoxy groups -OCH3 is 2. The summed E-state index contributed by atoms with van der Waals surface area (Å²) >= 11 is 12.9. The molecular weight excluding hydrogens is 613 g/mol. The van der Waals surface area contributed by atoms with Crippen molar-refractivity contribution in [1.82, 2.24) is 10.2 Å². The van der Waals surface area contributed by atoms with Crippen molar-refractivity contribution in [2.45, 2.75) is 51.1 Å². The fraction of sp³-hybridized carbons (Fsp3) is 0.355. The molecule has 0 aromatic heterocycles. The van der Waals surface area contributed by atoms with E-state index in [1.54, 1.807) is 43.3 Å². The number of carbonyl (C=O) groups excluding carboxylic acids is 2. The van der Waals surface area contributed by atoms with Gasteiger partial charge in [0.1, 0.15) is 12.6 Å². The zero-order chi connectivity index (χ0) is 31.7. The number of rotatable bonds is 14. The van der Waals surface area contributed by atoms with E-state index in [0.717, 1.165) is 9.87 Å². The van der Waals surface area contributed by atoms with E-state index in [-0.39, 0.29) is 35.2 Å². The van der Waals surface area contributed by atoms with Gasteiger partial charge in [-0.25, -0.2) is 8.42 Å². The van der Waals surface area contributed by atoms with Crippen LogP contribution in [0, 0.1) is 6.92 Å². The van der Waals surface area contributed by atoms with Gasteiger partial charge >= 0.3 is 0 Å². The molecule has 0 aliphatic carbocycles. The number of benzene rings is 3. The number of ether oxygens (including phenoxy) is 2. The van der Waals surface area contributed by atoms with Crippen molar-refractivity contribution in [3.8, 4) is 11.5 Å². The van der Waals surface area contributed by atoms with Crippen molar-refractivity contribution < 1.29 is 27.5 Å². The number of anilines is 1. The maximum Gasteiger partial charge on any atom is 0.264 e. The van der Waals surface area contributed by atoms with Crippen LogP contribution in [0.15, 0.2) is 65.6 Å². The Bertz CT molecular complexity index is 1510. The van der Waals surface area contributed by atoms with E-state index in [1.165, 1.54) is 43.4 Å². The molecular formula is C31H37Cl2N3O6S. The van der Waals surface area contributed by atoms with Gasteiger partial charge < -0.3 is 19.7 Å². The van der Waals surface area contributed by atoms with Crippen molar-refractivity contribution in [2.75, 3.05) is 31.6 Å². The average Bonchev–Trinajstić information content (AvgIpc) is 2.99. The van der Waals surface area contributed by atoms with Gasteiger partial charge in [-0.2, -0.15) is 0 Å². The highest BCUT2D eigenvalue weighted by atomic mass is 35.5. The quantitative estimate of drug-likeness (QED) is 0.235. The summed E-state index contributed by atoms with van der Waals surface area (Å²) < 4.78 is 39.9. The lowest BCUT2D eigenvalue weighted by atomic mass is 10.1. The van der Waals surface area contributed by atoms with Crippen molar-refractivity contribution in [3.05, 3.63) is 81.8 Å². The van der Waals surface area contributed by atoms with Gasteiger partial charge in [-0.05, 0) is 56.2 Å². The molecule has 0 radical (unpaired) electrons. The molecule has 3 rings (SSSR count). The SMILES string of the molecule is CCCNC(=O)C(CC)N(Cc1c(Cl)cccc1Cl)C(=O)CN(c1ccc(OC)c(OC)c1)S(=O)(=O)c1ccc(C)cc1. The molecule has 2 amide bonds. The molecule has 3 aromatic rings. The Morgan fingerprint density at radius 2 is 1.56 bits per heavy atom. The van der Waals surface area contributed by atoms with Crippen LogP contribution >= 0.6 is 23.2 Å². The van der Waals surface area contributed by atoms with Crippen LogP contribution in [0.5, 0.6) is 11.5 Å². The second-order valence-corrected chi connectivity index (χ2v) is 12.5. The maximum absolute atomic E-state index is 14.2. The van der Waals surface area contributed by atoms with E-state index in [9.17, 15) is 18.0 Å². The minimum atomic E-state index is -4.26. The third kappa shape index (κ3) is 8.13. The van der Waals surface area contributed by atoms with Gasteiger partial charge in [-0.15, -0.1) is 0 Å². The van der Waals surface area contributed by atoms with Crippen molar-refractivity contribution in [2.24, 2.45) is 0 Å². The Hall–Kier alpha value is -3.47. The second kappa shape index (κ2) is 15.3. The van der Waals surface area contributed by atoms with Crippen LogP contribution in [-0.4, -0.2) is 58.5 Å². The first-order valence-electron chi connectivity index (χ1n) is 13.8. The van der Waals surface area contributed by atoms with Crippen LogP contribution in [0.2, 0.25) is 10.0 Å². The van der Waals surface area contributed by atoms with Crippen LogP contribution in [-0.2, 0) is 26.2 Å². The van der Waals surface area contributed by atoms with Gasteiger partial charge in [0, 0.05) is 34.8 Å². The van der Waals surface area contributed by atoms with Crippen LogP contribution in [0.25, 0.3) is 0 Å². The first kappa shape index (κ1) is 34.0. The molecule has 1 unspecified atom stereocenters. The van der Waals surface area contributed by atoms with Crippen LogP contribution in [0.4, 0.5) is 5.69 Å². The Morgan fingerprint density at radius 1 is 0.930 bits per heavy atom. The summed E-state index contributed by atoms with van der Waals surface area (Å²) in [5.74, 6) is -0.319. The number of nitrogens with one attached hydrogen (secondary N) is 1. The molecule has 3 aromatic carbocycles. The summed E-state index contributed by atoms with van der Waals surface area (Å²) in [7, 11) is -1.36. The monoisotopic (exact) mass is 649 g/mol. The lowest BCUT2D eigenvalue weighted by Crippen LogP contribution is -2.52. The van der Waals surface area contributed by atoms with Crippen molar-refractivity contribution >= 4 is 50.7 Å². The standard InChI is InChI=1S/C31H37Cl2N3O6S/c1-6-17-34-31(38)27(7-2)35(19-24-25(32)9-8-10-26(24)33)30(37)20-36(22-13-16-28(41-4)29(18-22)42-5)43(39,40)23-14-11-21(3)12-15-23/h8-16,18,27H,6-7,17,19-20H2,1-5H3,(H,34,38). The minimum Gasteiger partial charge on any atom is -0.493 e. The third-order valence-corrected chi connectivity index (χ3v) is 9.36. The number of aryl methyl sites for hydroxylation is 1. The first-order valence-corrected chi connectivity index (χ1v) is 16.0. The Morgan fingerprint density at radius 3 is 2.12 bits per heavy atom. The zero-order valence-electron chi connectivity index (χ0n) is 24.9. The van der Waals surface area contributed by atoms with Crippen molar-refractivity contribution in [1.29, 1.82) is 0 Å². The highest BCUT2D eigenvalue weighted by Crippen LogP contribution is 2.34. The number of hydrogen-bond donors (Lipinski definition) is 1. The van der Waals surface area contributed by atoms with Crippen LogP contribution in [0.1, 0.15) is 37.8 Å². The Balaban J connectivity index is 2.15. The van der Waals surface area contributed by atoms with Gasteiger partial charge in [0.25, 0.3) is 10.0 Å². The molecule has 0 spiro atoms. The van der Waals surface area contributed by atoms with E-state index in [4.69, 9.17) is 32.7 Å². The van der Waals surface area contributed by atoms with Crippen LogP contribution in [0.3, 0.4) is 0 Å². The maximum atomic E-state index is 14.2. The van der Waals surface area contributed by atoms with E-state index >= 15 is 0 Å². The fourth-order valence-corrected chi connectivity index (χ4v) is 6.41. The average molecular weight is 651 g/mol. The molecule has 0 fully saturated rings. The molecule has 1 N–H and O–H groups in total. The van der Waals surface area contributed by atoms with Gasteiger partial charge in [0.15, 0.2) is 11.5 Å². The Labute approximate surface area is 263 Å². The number of amides is 2. The molecule has 0 aliphatic rings. The van der Waals surface area contributed by atoms with Gasteiger partial charge in [-0.1, -0.05) is 60.8 Å². The van der Waals surface area contributed by atoms with Crippen molar-refractivity contribution in [3.63, 3.8) is 0 Å². The molecule has 1 atom stereocenters. The molecule has 0 bridgehead atoms. The van der Waals surface area contributed by atoms with Gasteiger partial charge in [0.2, 0.25) is 11.8 Å². The molecule has 12 heteroatoms. The lowest BCUT2D eigenvalue weighted by molar-refractivity contribution is -0.140. The topological polar surface area (TPSA) is 105 Å². The summed E-state index contributed by atoms with van der Waals surface area (Å²) in [6, 6.07) is 14.9. The molecule has 0 aliphatic heterocycles. The predicted octanol–water partition coefficient (Wildman–Crippen LogP) is 5.85. The zero-order valence-corrected chi connectivity index (χ0v) is 27.2. The summed E-state index contributed by atoms with van der Waals surface area (Å²) in [5.41, 5.74) is 1.49. The number of halogens is 2. The second-order valence-electron chi connectivity index (χ2n) is 9.80. The van der Waals surface area contributed by atoms with Crippen LogP contribution < -0.4 is 19.1 Å². The number of sulfonamides is 1. The molecule has 232 valence electrons. The summed E-state index contributed by atoms with van der Waals surface area (Å²) in [5, 5.41) is 3.48. The molecule has 0 saturated heterocycles. The highest BCUT2D eigenvalue weighted by molar-refractivity contribution is 7.92. The smallest absolute Gasteiger partial charge is 0.264 e. The summed E-state index contributed by atoms with van der Waals surface area (Å²) in [6.45, 7) is 5.23. The molecule has 0 saturated carbocycles.